The third-order valence-corrected chi connectivity index (χ3v) is 7.20. The Labute approximate surface area is 236 Å². The first-order chi connectivity index (χ1) is 18.5. The summed E-state index contributed by atoms with van der Waals surface area (Å²) >= 11 is 0. The minimum Gasteiger partial charge on any atom is -0.480 e. The van der Waals surface area contributed by atoms with Crippen LogP contribution in [0.25, 0.3) is 0 Å². The fourth-order valence-corrected chi connectivity index (χ4v) is 3.57. The number of benzene rings is 2. The van der Waals surface area contributed by atoms with E-state index >= 15 is 0 Å². The van der Waals surface area contributed by atoms with Gasteiger partial charge in [-0.2, -0.15) is 0 Å². The van der Waals surface area contributed by atoms with E-state index in [2.05, 4.69) is 0 Å². The Morgan fingerprint density at radius 3 is 1.88 bits per heavy atom. The van der Waals surface area contributed by atoms with Gasteiger partial charge in [-0.3, -0.25) is 14.4 Å². The zero-order chi connectivity index (χ0) is 30.3. The van der Waals surface area contributed by atoms with Gasteiger partial charge >= 0.3 is 23.9 Å². The van der Waals surface area contributed by atoms with Crippen molar-refractivity contribution in [1.29, 1.82) is 0 Å². The second-order valence-electron chi connectivity index (χ2n) is 11.5. The van der Waals surface area contributed by atoms with E-state index in [0.29, 0.717) is 24.0 Å². The van der Waals surface area contributed by atoms with Crippen molar-refractivity contribution in [3.63, 3.8) is 0 Å². The number of nitrogens with two attached hydrogens (primary N) is 1. The number of aliphatic carboxylic acids is 1. The summed E-state index contributed by atoms with van der Waals surface area (Å²) in [5, 5.41) is 10.0. The second-order valence-corrected chi connectivity index (χ2v) is 11.5. The highest BCUT2D eigenvalue weighted by Gasteiger charge is 2.38. The van der Waals surface area contributed by atoms with E-state index in [1.807, 2.05) is 13.8 Å². The molecule has 0 amide bonds. The normalized spacial score (nSPS) is 14.0. The van der Waals surface area contributed by atoms with E-state index in [0.717, 1.165) is 0 Å². The lowest BCUT2D eigenvalue weighted by molar-refractivity contribution is -0.147. The van der Waals surface area contributed by atoms with Crippen LogP contribution >= 0.6 is 0 Å². The first kappa shape index (κ1) is 32.5. The number of esters is 3. The van der Waals surface area contributed by atoms with Crippen LogP contribution in [-0.2, 0) is 25.5 Å². The molecule has 0 aliphatic rings. The SMILES string of the molecule is CCC(C)(C)C(=O)Oc1ccc(CC(N)(C[C@H](C)OC(=O)c2ccccc2)C(=O)O)cc1OC(=O)C(C)(C)CC. The van der Waals surface area contributed by atoms with E-state index in [9.17, 15) is 24.3 Å². The number of carboxylic acids is 1. The first-order valence-corrected chi connectivity index (χ1v) is 13.4. The van der Waals surface area contributed by atoms with Gasteiger partial charge in [0.1, 0.15) is 11.6 Å². The van der Waals surface area contributed by atoms with Crippen molar-refractivity contribution < 1.29 is 38.5 Å². The van der Waals surface area contributed by atoms with Gasteiger partial charge in [-0.15, -0.1) is 0 Å². The van der Waals surface area contributed by atoms with Gasteiger partial charge in [0.05, 0.1) is 16.4 Å². The van der Waals surface area contributed by atoms with E-state index in [-0.39, 0.29) is 24.3 Å². The zero-order valence-electron chi connectivity index (χ0n) is 24.4. The number of ether oxygens (including phenoxy) is 3. The molecule has 9 nitrogen and oxygen atoms in total. The quantitative estimate of drug-likeness (QED) is 0.248. The summed E-state index contributed by atoms with van der Waals surface area (Å²) in [7, 11) is 0. The van der Waals surface area contributed by atoms with E-state index < -0.39 is 46.4 Å². The highest BCUT2D eigenvalue weighted by atomic mass is 16.6. The predicted octanol–water partition coefficient (Wildman–Crippen LogP) is 5.33. The molecule has 0 bridgehead atoms. The maximum atomic E-state index is 12.9. The Bertz CT molecular complexity index is 1220. The summed E-state index contributed by atoms with van der Waals surface area (Å²) in [6.07, 6.45) is -0.128. The summed E-state index contributed by atoms with van der Waals surface area (Å²) in [6, 6.07) is 12.8. The molecule has 40 heavy (non-hydrogen) atoms. The fraction of sp³-hybridized carbons (Fsp3) is 0.484. The van der Waals surface area contributed by atoms with Crippen molar-refractivity contribution in [3.8, 4) is 11.5 Å². The molecule has 0 saturated carbocycles. The van der Waals surface area contributed by atoms with Crippen LogP contribution in [0.2, 0.25) is 0 Å². The third-order valence-electron chi connectivity index (χ3n) is 7.20. The van der Waals surface area contributed by atoms with Crippen molar-refractivity contribution in [2.45, 2.75) is 85.8 Å². The van der Waals surface area contributed by atoms with Crippen LogP contribution in [0.5, 0.6) is 11.5 Å². The molecule has 0 saturated heterocycles. The molecule has 9 heteroatoms. The number of hydrogen-bond acceptors (Lipinski definition) is 8. The van der Waals surface area contributed by atoms with Crippen LogP contribution in [0.3, 0.4) is 0 Å². The third kappa shape index (κ3) is 8.39. The van der Waals surface area contributed by atoms with E-state index in [1.54, 1.807) is 71.0 Å². The van der Waals surface area contributed by atoms with Gasteiger partial charge in [-0.25, -0.2) is 4.79 Å². The lowest BCUT2D eigenvalue weighted by Gasteiger charge is -2.28. The highest BCUT2D eigenvalue weighted by molar-refractivity contribution is 5.89. The van der Waals surface area contributed by atoms with Crippen molar-refractivity contribution >= 4 is 23.9 Å². The molecule has 0 aliphatic heterocycles. The Morgan fingerprint density at radius 2 is 1.38 bits per heavy atom. The van der Waals surface area contributed by atoms with Gasteiger partial charge in [0.15, 0.2) is 11.5 Å². The second kappa shape index (κ2) is 13.1. The molecule has 2 aromatic rings. The summed E-state index contributed by atoms with van der Waals surface area (Å²) in [5.74, 6) is -2.88. The minimum atomic E-state index is -1.82. The van der Waals surface area contributed by atoms with Crippen LogP contribution in [0, 0.1) is 10.8 Å². The van der Waals surface area contributed by atoms with Gasteiger partial charge in [0.2, 0.25) is 0 Å². The maximum Gasteiger partial charge on any atom is 0.338 e. The van der Waals surface area contributed by atoms with Crippen molar-refractivity contribution in [1.82, 2.24) is 0 Å². The number of rotatable bonds is 13. The smallest absolute Gasteiger partial charge is 0.338 e. The summed E-state index contributed by atoms with van der Waals surface area (Å²) in [4.78, 5) is 50.4. The molecule has 0 aromatic heterocycles. The molecule has 1 unspecified atom stereocenters. The zero-order valence-corrected chi connectivity index (χ0v) is 24.4. The molecule has 0 heterocycles. The summed E-state index contributed by atoms with van der Waals surface area (Å²) in [5.41, 5.74) is 3.71. The Kier molecular flexibility index (Phi) is 10.6. The average Bonchev–Trinajstić information content (AvgIpc) is 2.90. The maximum absolute atomic E-state index is 12.9. The molecule has 0 fully saturated rings. The number of hydrogen-bond donors (Lipinski definition) is 2. The molecule has 2 atom stereocenters. The molecule has 0 spiro atoms. The summed E-state index contributed by atoms with van der Waals surface area (Å²) < 4.78 is 16.7. The molecule has 3 N–H and O–H groups in total. The minimum absolute atomic E-state index is 0.0134. The molecule has 0 radical (unpaired) electrons. The Morgan fingerprint density at radius 1 is 0.850 bits per heavy atom. The number of carbonyl (C=O) groups excluding carboxylic acids is 3. The molecular weight excluding hydrogens is 514 g/mol. The average molecular weight is 556 g/mol. The molecule has 2 rings (SSSR count). The predicted molar refractivity (Wildman–Crippen MR) is 150 cm³/mol. The monoisotopic (exact) mass is 555 g/mol. The number of carboxylic acid groups (broad SMARTS) is 1. The Balaban J connectivity index is 2.35. The lowest BCUT2D eigenvalue weighted by Crippen LogP contribution is -2.52. The van der Waals surface area contributed by atoms with E-state index in [4.69, 9.17) is 19.9 Å². The largest absolute Gasteiger partial charge is 0.480 e. The highest BCUT2D eigenvalue weighted by Crippen LogP contribution is 2.35. The Hall–Kier alpha value is -3.72. The van der Waals surface area contributed by atoms with Crippen LogP contribution < -0.4 is 15.2 Å². The van der Waals surface area contributed by atoms with Gasteiger partial charge in [0.25, 0.3) is 0 Å². The standard InChI is InChI=1S/C31H41NO8/c1-8-29(4,5)27(36)39-23-16-15-21(17-24(23)40-28(37)30(6,7)9-2)19-31(32,26(34)35)18-20(3)38-25(33)22-13-11-10-12-14-22/h10-17,20H,8-9,18-19,32H2,1-7H3,(H,34,35)/t20-,31?/m0/s1. The summed E-state index contributed by atoms with van der Waals surface area (Å²) in [6.45, 7) is 12.2. The molecule has 2 aromatic carbocycles. The van der Waals surface area contributed by atoms with Crippen molar-refractivity contribution in [2.75, 3.05) is 0 Å². The fourth-order valence-electron chi connectivity index (χ4n) is 3.57. The van der Waals surface area contributed by atoms with E-state index in [1.165, 1.54) is 12.1 Å². The van der Waals surface area contributed by atoms with Crippen LogP contribution in [0.1, 0.15) is 83.7 Å². The van der Waals surface area contributed by atoms with Crippen LogP contribution in [-0.4, -0.2) is 40.6 Å². The van der Waals surface area contributed by atoms with Crippen molar-refractivity contribution in [3.05, 3.63) is 59.7 Å². The van der Waals surface area contributed by atoms with Gasteiger partial charge in [-0.05, 0) is 77.3 Å². The van der Waals surface area contributed by atoms with Gasteiger partial charge < -0.3 is 25.1 Å². The van der Waals surface area contributed by atoms with Gasteiger partial charge in [-0.1, -0.05) is 38.1 Å². The number of carbonyl (C=O) groups is 4. The molecular formula is C31H41NO8. The first-order valence-electron chi connectivity index (χ1n) is 13.4. The van der Waals surface area contributed by atoms with Crippen molar-refractivity contribution in [2.24, 2.45) is 16.6 Å². The topological polar surface area (TPSA) is 142 Å². The van der Waals surface area contributed by atoms with Crippen LogP contribution in [0.4, 0.5) is 0 Å². The molecule has 0 aliphatic carbocycles. The molecule has 218 valence electrons. The lowest BCUT2D eigenvalue weighted by atomic mass is 9.86. The van der Waals surface area contributed by atoms with Gasteiger partial charge in [0, 0.05) is 12.8 Å². The van der Waals surface area contributed by atoms with Crippen LogP contribution in [0.15, 0.2) is 48.5 Å².